The van der Waals surface area contributed by atoms with Crippen molar-refractivity contribution < 1.29 is 22.7 Å². The van der Waals surface area contributed by atoms with Gasteiger partial charge in [0, 0.05) is 19.2 Å². The lowest BCUT2D eigenvalue weighted by atomic mass is 10.2. The molecule has 0 aliphatic carbocycles. The lowest BCUT2D eigenvalue weighted by Crippen LogP contribution is -2.27. The molecule has 3 rings (SSSR count). The van der Waals surface area contributed by atoms with Crippen molar-refractivity contribution in [2.75, 3.05) is 20.7 Å². The van der Waals surface area contributed by atoms with Crippen LogP contribution < -0.4 is 4.80 Å². The summed E-state index contributed by atoms with van der Waals surface area (Å²) in [5.74, 6) is -1.08. The predicted molar refractivity (Wildman–Crippen MR) is 128 cm³/mol. The van der Waals surface area contributed by atoms with Gasteiger partial charge in [0.2, 0.25) is 10.0 Å². The SMILES string of the molecule is CCCCN(C)S(=O)(=O)c1ccc(C(=O)N=c2sc3cccc(Cl)c3n2CC(=O)OC)cc1. The molecule has 0 saturated carbocycles. The highest BCUT2D eigenvalue weighted by Gasteiger charge is 2.21. The summed E-state index contributed by atoms with van der Waals surface area (Å²) in [6, 6.07) is 10.9. The van der Waals surface area contributed by atoms with E-state index in [1.165, 1.54) is 58.6 Å². The Labute approximate surface area is 201 Å². The Kier molecular flexibility index (Phi) is 8.06. The fourth-order valence-electron chi connectivity index (χ4n) is 3.11. The van der Waals surface area contributed by atoms with Crippen molar-refractivity contribution in [2.45, 2.75) is 31.2 Å². The van der Waals surface area contributed by atoms with E-state index in [1.54, 1.807) is 12.1 Å². The van der Waals surface area contributed by atoms with E-state index >= 15 is 0 Å². The number of para-hydroxylation sites is 1. The Balaban J connectivity index is 1.97. The van der Waals surface area contributed by atoms with Gasteiger partial charge in [-0.25, -0.2) is 12.7 Å². The van der Waals surface area contributed by atoms with E-state index in [0.717, 1.165) is 17.5 Å². The number of nitrogens with zero attached hydrogens (tertiary/aromatic N) is 3. The number of methoxy groups -OCH3 is 1. The van der Waals surface area contributed by atoms with E-state index in [2.05, 4.69) is 4.99 Å². The summed E-state index contributed by atoms with van der Waals surface area (Å²) in [5.41, 5.74) is 0.802. The topological polar surface area (TPSA) is 98.0 Å². The molecule has 3 aromatic rings. The molecule has 1 aromatic heterocycles. The first-order chi connectivity index (χ1) is 15.7. The van der Waals surface area contributed by atoms with Crippen LogP contribution in [0.5, 0.6) is 0 Å². The quantitative estimate of drug-likeness (QED) is 0.431. The van der Waals surface area contributed by atoms with Gasteiger partial charge in [0.05, 0.1) is 27.2 Å². The number of esters is 1. The molecule has 0 fully saturated rings. The lowest BCUT2D eigenvalue weighted by Gasteiger charge is -2.16. The molecule has 11 heteroatoms. The van der Waals surface area contributed by atoms with E-state index in [1.807, 2.05) is 13.0 Å². The highest BCUT2D eigenvalue weighted by atomic mass is 35.5. The largest absolute Gasteiger partial charge is 0.468 e. The lowest BCUT2D eigenvalue weighted by molar-refractivity contribution is -0.141. The second-order valence-corrected chi connectivity index (χ2v) is 10.7. The molecule has 0 bridgehead atoms. The molecule has 33 heavy (non-hydrogen) atoms. The fourth-order valence-corrected chi connectivity index (χ4v) is 5.71. The Morgan fingerprint density at radius 2 is 1.88 bits per heavy atom. The molecule has 2 aromatic carbocycles. The number of thiazole rings is 1. The highest BCUT2D eigenvalue weighted by Crippen LogP contribution is 2.25. The molecule has 0 aliphatic heterocycles. The Hall–Kier alpha value is -2.53. The Morgan fingerprint density at radius 3 is 2.52 bits per heavy atom. The van der Waals surface area contributed by atoms with Crippen LogP contribution >= 0.6 is 22.9 Å². The van der Waals surface area contributed by atoms with Crippen molar-refractivity contribution >= 4 is 55.1 Å². The molecule has 1 heterocycles. The third-order valence-corrected chi connectivity index (χ3v) is 8.22. The smallest absolute Gasteiger partial charge is 0.325 e. The van der Waals surface area contributed by atoms with Gasteiger partial charge < -0.3 is 9.30 Å². The minimum absolute atomic E-state index is 0.104. The van der Waals surface area contributed by atoms with E-state index < -0.39 is 21.9 Å². The molecule has 0 radical (unpaired) electrons. The number of rotatable bonds is 8. The van der Waals surface area contributed by atoms with Gasteiger partial charge in [0.25, 0.3) is 5.91 Å². The van der Waals surface area contributed by atoms with Crippen molar-refractivity contribution in [1.29, 1.82) is 0 Å². The second-order valence-electron chi connectivity index (χ2n) is 7.25. The number of carbonyl (C=O) groups is 2. The van der Waals surface area contributed by atoms with Crippen LogP contribution in [-0.4, -0.2) is 49.9 Å². The number of amides is 1. The zero-order valence-electron chi connectivity index (χ0n) is 18.4. The number of benzene rings is 2. The minimum atomic E-state index is -3.63. The summed E-state index contributed by atoms with van der Waals surface area (Å²) in [5, 5.41) is 0.420. The third kappa shape index (κ3) is 5.52. The number of carbonyl (C=O) groups excluding carboxylic acids is 2. The van der Waals surface area contributed by atoms with Crippen molar-refractivity contribution in [3.63, 3.8) is 0 Å². The predicted octanol–water partition coefficient (Wildman–Crippen LogP) is 3.69. The molecule has 0 N–H and O–H groups in total. The summed E-state index contributed by atoms with van der Waals surface area (Å²) in [7, 11) is -0.827. The summed E-state index contributed by atoms with van der Waals surface area (Å²) < 4.78 is 33.7. The zero-order chi connectivity index (χ0) is 24.2. The maximum atomic E-state index is 12.8. The normalized spacial score (nSPS) is 12.5. The minimum Gasteiger partial charge on any atom is -0.468 e. The van der Waals surface area contributed by atoms with E-state index in [9.17, 15) is 18.0 Å². The zero-order valence-corrected chi connectivity index (χ0v) is 20.8. The molecule has 0 spiro atoms. The van der Waals surface area contributed by atoms with E-state index in [4.69, 9.17) is 16.3 Å². The number of halogens is 1. The van der Waals surface area contributed by atoms with Crippen LogP contribution in [0.4, 0.5) is 0 Å². The molecule has 8 nitrogen and oxygen atoms in total. The Morgan fingerprint density at radius 1 is 1.18 bits per heavy atom. The number of unbranched alkanes of at least 4 members (excludes halogenated alkanes) is 1. The van der Waals surface area contributed by atoms with Crippen molar-refractivity contribution in [2.24, 2.45) is 4.99 Å². The van der Waals surface area contributed by atoms with Gasteiger partial charge in [0.15, 0.2) is 4.80 Å². The summed E-state index contributed by atoms with van der Waals surface area (Å²) in [6.45, 7) is 2.25. The number of aromatic nitrogens is 1. The first kappa shape index (κ1) is 25.1. The molecule has 0 atom stereocenters. The molecule has 176 valence electrons. The van der Waals surface area contributed by atoms with Crippen LogP contribution in [0.3, 0.4) is 0 Å². The van der Waals surface area contributed by atoms with Gasteiger partial charge in [-0.05, 0) is 42.8 Å². The third-order valence-electron chi connectivity index (χ3n) is 5.00. The molecule has 0 saturated heterocycles. The fraction of sp³-hybridized carbons (Fsp3) is 0.318. The maximum Gasteiger partial charge on any atom is 0.325 e. The average Bonchev–Trinajstić information content (AvgIpc) is 3.15. The Bertz CT molecular complexity index is 1340. The second kappa shape index (κ2) is 10.6. The number of hydrogen-bond donors (Lipinski definition) is 0. The van der Waals surface area contributed by atoms with Gasteiger partial charge in [0.1, 0.15) is 6.54 Å². The molecular formula is C22H24ClN3O5S2. The van der Waals surface area contributed by atoms with E-state index in [0.29, 0.717) is 17.1 Å². The monoisotopic (exact) mass is 509 g/mol. The summed E-state index contributed by atoms with van der Waals surface area (Å²) in [6.07, 6.45) is 1.64. The van der Waals surface area contributed by atoms with Crippen LogP contribution in [0.2, 0.25) is 5.02 Å². The number of ether oxygens (including phenoxy) is 1. The van der Waals surface area contributed by atoms with Gasteiger partial charge in [-0.15, -0.1) is 0 Å². The van der Waals surface area contributed by atoms with Gasteiger partial charge in [-0.1, -0.05) is 42.3 Å². The van der Waals surface area contributed by atoms with Crippen molar-refractivity contribution in [3.8, 4) is 0 Å². The highest BCUT2D eigenvalue weighted by molar-refractivity contribution is 7.89. The van der Waals surface area contributed by atoms with Gasteiger partial charge in [-0.2, -0.15) is 4.99 Å². The number of hydrogen-bond acceptors (Lipinski definition) is 6. The van der Waals surface area contributed by atoms with Crippen molar-refractivity contribution in [3.05, 3.63) is 57.9 Å². The number of fused-ring (bicyclic) bond motifs is 1. The first-order valence-electron chi connectivity index (χ1n) is 10.2. The molecular weight excluding hydrogens is 486 g/mol. The van der Waals surface area contributed by atoms with Crippen LogP contribution in [-0.2, 0) is 26.1 Å². The van der Waals surface area contributed by atoms with Gasteiger partial charge in [-0.3, -0.25) is 9.59 Å². The van der Waals surface area contributed by atoms with Crippen LogP contribution in [0.25, 0.3) is 10.2 Å². The summed E-state index contributed by atoms with van der Waals surface area (Å²) in [4.78, 5) is 29.3. The van der Waals surface area contributed by atoms with Crippen LogP contribution in [0, 0.1) is 0 Å². The average molecular weight is 510 g/mol. The van der Waals surface area contributed by atoms with E-state index in [-0.39, 0.29) is 21.8 Å². The molecule has 0 unspecified atom stereocenters. The molecule has 1 amide bonds. The maximum absolute atomic E-state index is 12.8. The summed E-state index contributed by atoms with van der Waals surface area (Å²) >= 11 is 7.53. The molecule has 0 aliphatic rings. The van der Waals surface area contributed by atoms with Crippen LogP contribution in [0.1, 0.15) is 30.1 Å². The van der Waals surface area contributed by atoms with Crippen molar-refractivity contribution in [1.82, 2.24) is 8.87 Å². The standard InChI is InChI=1S/C22H24ClN3O5S2/c1-4-5-13-25(2)33(29,30)16-11-9-15(10-12-16)21(28)24-22-26(14-19(27)31-3)20-17(23)7-6-8-18(20)32-22/h6-12H,4-5,13-14H2,1-3H3. The number of sulfonamides is 1. The first-order valence-corrected chi connectivity index (χ1v) is 12.8. The van der Waals surface area contributed by atoms with Gasteiger partial charge >= 0.3 is 5.97 Å². The van der Waals surface area contributed by atoms with Crippen LogP contribution in [0.15, 0.2) is 52.4 Å².